The molecule has 2 N–H and O–H groups in total. The van der Waals surface area contributed by atoms with Crippen LogP contribution in [0.2, 0.25) is 0 Å². The van der Waals surface area contributed by atoms with Gasteiger partial charge in [-0.3, -0.25) is 4.79 Å². The maximum atomic E-state index is 13.0. The van der Waals surface area contributed by atoms with Gasteiger partial charge in [0, 0.05) is 19.0 Å². The second kappa shape index (κ2) is 6.73. The van der Waals surface area contributed by atoms with E-state index in [9.17, 15) is 9.18 Å². The van der Waals surface area contributed by atoms with Gasteiger partial charge in [-0.2, -0.15) is 0 Å². The largest absolute Gasteiger partial charge is 0.495 e. The number of rotatable bonds is 7. The van der Waals surface area contributed by atoms with Gasteiger partial charge in [0.15, 0.2) is 0 Å². The lowest BCUT2D eigenvalue weighted by molar-refractivity contribution is -0.137. The summed E-state index contributed by atoms with van der Waals surface area (Å²) < 4.78 is 18.1. The molecule has 1 aromatic carbocycles. The van der Waals surface area contributed by atoms with Crippen LogP contribution in [-0.4, -0.2) is 24.7 Å². The Labute approximate surface area is 99.4 Å². The Morgan fingerprint density at radius 2 is 2.24 bits per heavy atom. The highest BCUT2D eigenvalue weighted by atomic mass is 19.1. The Hall–Kier alpha value is -1.78. The Morgan fingerprint density at radius 1 is 1.47 bits per heavy atom. The second-order valence-electron chi connectivity index (χ2n) is 3.62. The predicted octanol–water partition coefficient (Wildman–Crippen LogP) is 2.50. The topological polar surface area (TPSA) is 58.6 Å². The van der Waals surface area contributed by atoms with Crippen molar-refractivity contribution in [2.75, 3.05) is 19.0 Å². The summed E-state index contributed by atoms with van der Waals surface area (Å²) in [7, 11) is 1.52. The first kappa shape index (κ1) is 13.3. The predicted molar refractivity (Wildman–Crippen MR) is 62.9 cm³/mol. The van der Waals surface area contributed by atoms with Gasteiger partial charge >= 0.3 is 5.97 Å². The van der Waals surface area contributed by atoms with Crippen LogP contribution in [0.15, 0.2) is 18.2 Å². The Kier molecular flexibility index (Phi) is 5.26. The second-order valence-corrected chi connectivity index (χ2v) is 3.62. The van der Waals surface area contributed by atoms with Gasteiger partial charge in [0.2, 0.25) is 0 Å². The average molecular weight is 241 g/mol. The van der Waals surface area contributed by atoms with Gasteiger partial charge in [0.1, 0.15) is 11.6 Å². The zero-order valence-corrected chi connectivity index (χ0v) is 9.70. The van der Waals surface area contributed by atoms with Gasteiger partial charge in [-0.25, -0.2) is 4.39 Å². The van der Waals surface area contributed by atoms with Crippen molar-refractivity contribution in [1.29, 1.82) is 0 Å². The number of carboxylic acids is 1. The van der Waals surface area contributed by atoms with Crippen molar-refractivity contribution in [2.24, 2.45) is 0 Å². The smallest absolute Gasteiger partial charge is 0.303 e. The quantitative estimate of drug-likeness (QED) is 0.720. The molecule has 17 heavy (non-hydrogen) atoms. The molecule has 0 aromatic heterocycles. The van der Waals surface area contributed by atoms with Crippen LogP contribution in [0.3, 0.4) is 0 Å². The third kappa shape index (κ3) is 4.72. The highest BCUT2D eigenvalue weighted by Crippen LogP contribution is 2.24. The molecule has 0 aliphatic carbocycles. The molecule has 0 saturated carbocycles. The summed E-state index contributed by atoms with van der Waals surface area (Å²) >= 11 is 0. The molecule has 0 aliphatic heterocycles. The molecule has 94 valence electrons. The summed E-state index contributed by atoms with van der Waals surface area (Å²) in [5, 5.41) is 11.5. The van der Waals surface area contributed by atoms with Crippen molar-refractivity contribution in [3.63, 3.8) is 0 Å². The number of carbonyl (C=O) groups is 1. The minimum atomic E-state index is -0.798. The van der Waals surface area contributed by atoms with Gasteiger partial charge in [0.05, 0.1) is 12.8 Å². The third-order valence-electron chi connectivity index (χ3n) is 2.29. The van der Waals surface area contributed by atoms with Crippen LogP contribution in [0.5, 0.6) is 5.75 Å². The van der Waals surface area contributed by atoms with E-state index in [1.807, 2.05) is 0 Å². The SMILES string of the molecule is COc1ccc(F)cc1NCCCCC(=O)O. The molecule has 1 rings (SSSR count). The van der Waals surface area contributed by atoms with Crippen molar-refractivity contribution in [3.05, 3.63) is 24.0 Å². The number of hydrogen-bond acceptors (Lipinski definition) is 3. The molecule has 1 aromatic rings. The van der Waals surface area contributed by atoms with E-state index in [1.54, 1.807) is 6.07 Å². The maximum absolute atomic E-state index is 13.0. The molecule has 0 bridgehead atoms. The Balaban J connectivity index is 2.40. The fourth-order valence-electron chi connectivity index (χ4n) is 1.44. The van der Waals surface area contributed by atoms with Crippen LogP contribution in [0.1, 0.15) is 19.3 Å². The van der Waals surface area contributed by atoms with Crippen LogP contribution >= 0.6 is 0 Å². The molecule has 0 unspecified atom stereocenters. The highest BCUT2D eigenvalue weighted by Gasteiger charge is 2.03. The summed E-state index contributed by atoms with van der Waals surface area (Å²) in [4.78, 5) is 10.3. The molecule has 0 spiro atoms. The van der Waals surface area contributed by atoms with E-state index in [-0.39, 0.29) is 12.2 Å². The van der Waals surface area contributed by atoms with E-state index in [0.29, 0.717) is 30.8 Å². The van der Waals surface area contributed by atoms with Crippen molar-refractivity contribution in [3.8, 4) is 5.75 Å². The number of halogens is 1. The number of hydrogen-bond donors (Lipinski definition) is 2. The van der Waals surface area contributed by atoms with Gasteiger partial charge in [0.25, 0.3) is 0 Å². The zero-order chi connectivity index (χ0) is 12.7. The first-order valence-corrected chi connectivity index (χ1v) is 5.42. The molecule has 5 heteroatoms. The molecule has 0 amide bonds. The zero-order valence-electron chi connectivity index (χ0n) is 9.70. The number of aliphatic carboxylic acids is 1. The fourth-order valence-corrected chi connectivity index (χ4v) is 1.44. The lowest BCUT2D eigenvalue weighted by Gasteiger charge is -2.10. The lowest BCUT2D eigenvalue weighted by atomic mass is 10.2. The molecule has 0 fully saturated rings. The van der Waals surface area contributed by atoms with E-state index in [1.165, 1.54) is 19.2 Å². The summed E-state index contributed by atoms with van der Waals surface area (Å²) in [6.45, 7) is 0.590. The number of methoxy groups -OCH3 is 1. The average Bonchev–Trinajstić information content (AvgIpc) is 2.28. The number of ether oxygens (including phenoxy) is 1. The number of carboxylic acid groups (broad SMARTS) is 1. The van der Waals surface area contributed by atoms with Crippen molar-refractivity contribution >= 4 is 11.7 Å². The molecule has 0 radical (unpaired) electrons. The van der Waals surface area contributed by atoms with Crippen molar-refractivity contribution < 1.29 is 19.0 Å². The summed E-state index contributed by atoms with van der Waals surface area (Å²) in [5.41, 5.74) is 0.586. The fraction of sp³-hybridized carbons (Fsp3) is 0.417. The van der Waals surface area contributed by atoms with Gasteiger partial charge < -0.3 is 15.2 Å². The van der Waals surface area contributed by atoms with E-state index < -0.39 is 5.97 Å². The number of unbranched alkanes of at least 4 members (excludes halogenated alkanes) is 1. The first-order valence-electron chi connectivity index (χ1n) is 5.42. The molecule has 0 heterocycles. The van der Waals surface area contributed by atoms with Crippen LogP contribution in [0.4, 0.5) is 10.1 Å². The molecule has 0 atom stereocenters. The molecule has 4 nitrogen and oxygen atoms in total. The Morgan fingerprint density at radius 3 is 2.88 bits per heavy atom. The number of benzene rings is 1. The third-order valence-corrected chi connectivity index (χ3v) is 2.29. The van der Waals surface area contributed by atoms with Crippen molar-refractivity contribution in [2.45, 2.75) is 19.3 Å². The lowest BCUT2D eigenvalue weighted by Crippen LogP contribution is -2.04. The van der Waals surface area contributed by atoms with E-state index in [0.717, 1.165) is 0 Å². The van der Waals surface area contributed by atoms with Crippen LogP contribution in [-0.2, 0) is 4.79 Å². The van der Waals surface area contributed by atoms with Crippen LogP contribution < -0.4 is 10.1 Å². The highest BCUT2D eigenvalue weighted by molar-refractivity contribution is 5.66. The molecule has 0 saturated heterocycles. The van der Waals surface area contributed by atoms with E-state index in [4.69, 9.17) is 9.84 Å². The molecular formula is C12H16FNO3. The maximum Gasteiger partial charge on any atom is 0.303 e. The van der Waals surface area contributed by atoms with E-state index in [2.05, 4.69) is 5.32 Å². The molecular weight excluding hydrogens is 225 g/mol. The monoisotopic (exact) mass is 241 g/mol. The van der Waals surface area contributed by atoms with Gasteiger partial charge in [-0.15, -0.1) is 0 Å². The first-order chi connectivity index (χ1) is 8.13. The van der Waals surface area contributed by atoms with Crippen molar-refractivity contribution in [1.82, 2.24) is 0 Å². The van der Waals surface area contributed by atoms with E-state index >= 15 is 0 Å². The minimum absolute atomic E-state index is 0.155. The van der Waals surface area contributed by atoms with Crippen LogP contribution in [0.25, 0.3) is 0 Å². The standard InChI is InChI=1S/C12H16FNO3/c1-17-11-6-5-9(13)8-10(11)14-7-3-2-4-12(15)16/h5-6,8,14H,2-4,7H2,1H3,(H,15,16). The van der Waals surface area contributed by atoms with Gasteiger partial charge in [-0.05, 0) is 25.0 Å². The Bertz CT molecular complexity index is 382. The van der Waals surface area contributed by atoms with Crippen LogP contribution in [0, 0.1) is 5.82 Å². The number of anilines is 1. The van der Waals surface area contributed by atoms with Gasteiger partial charge in [-0.1, -0.05) is 0 Å². The normalized spacial score (nSPS) is 10.0. The molecule has 0 aliphatic rings. The minimum Gasteiger partial charge on any atom is -0.495 e. The summed E-state index contributed by atoms with van der Waals surface area (Å²) in [6.07, 6.45) is 1.47. The number of nitrogens with one attached hydrogen (secondary N) is 1. The summed E-state index contributed by atoms with van der Waals surface area (Å²) in [6, 6.07) is 4.24. The summed E-state index contributed by atoms with van der Waals surface area (Å²) in [5.74, 6) is -0.559.